The van der Waals surface area contributed by atoms with E-state index in [2.05, 4.69) is 4.98 Å². The summed E-state index contributed by atoms with van der Waals surface area (Å²) >= 11 is 0. The molecule has 0 aromatic carbocycles. The van der Waals surface area contributed by atoms with Gasteiger partial charge >= 0.3 is 5.69 Å². The summed E-state index contributed by atoms with van der Waals surface area (Å²) in [5, 5.41) is 0. The third kappa shape index (κ3) is 4.26. The molecule has 8 heteroatoms. The second-order valence-corrected chi connectivity index (χ2v) is 5.29. The lowest BCUT2D eigenvalue weighted by atomic mass is 10.1. The van der Waals surface area contributed by atoms with Crippen LogP contribution in [0.4, 0.5) is 0 Å². The molecular formula is C14H22N2O6. The van der Waals surface area contributed by atoms with Crippen LogP contribution in [-0.2, 0) is 18.9 Å². The van der Waals surface area contributed by atoms with Crippen molar-refractivity contribution in [3.05, 3.63) is 33.1 Å². The lowest BCUT2D eigenvalue weighted by Gasteiger charge is -2.19. The topological polar surface area (TPSA) is 91.8 Å². The van der Waals surface area contributed by atoms with Gasteiger partial charge in [-0.05, 0) is 12.8 Å². The number of nitrogens with one attached hydrogen (secondary N) is 1. The van der Waals surface area contributed by atoms with Crippen molar-refractivity contribution < 1.29 is 18.9 Å². The van der Waals surface area contributed by atoms with Gasteiger partial charge in [0.2, 0.25) is 0 Å². The number of nitrogens with zero attached hydrogens (tertiary/aromatic N) is 1. The van der Waals surface area contributed by atoms with Gasteiger partial charge < -0.3 is 18.9 Å². The smallest absolute Gasteiger partial charge is 0.328 e. The summed E-state index contributed by atoms with van der Waals surface area (Å²) in [7, 11) is 3.13. The lowest BCUT2D eigenvalue weighted by Crippen LogP contribution is -2.31. The van der Waals surface area contributed by atoms with Gasteiger partial charge in [0.15, 0.2) is 0 Å². The quantitative estimate of drug-likeness (QED) is 0.540. The van der Waals surface area contributed by atoms with Crippen molar-refractivity contribution in [1.29, 1.82) is 0 Å². The Balaban J connectivity index is 2.07. The Labute approximate surface area is 128 Å². The van der Waals surface area contributed by atoms with Crippen molar-refractivity contribution in [2.24, 2.45) is 5.92 Å². The number of hydrogen-bond donors (Lipinski definition) is 1. The van der Waals surface area contributed by atoms with Crippen molar-refractivity contribution in [3.63, 3.8) is 0 Å². The van der Waals surface area contributed by atoms with Crippen molar-refractivity contribution in [1.82, 2.24) is 9.55 Å². The molecule has 1 N–H and O–H groups in total. The van der Waals surface area contributed by atoms with Gasteiger partial charge in [0.25, 0.3) is 5.56 Å². The molecule has 3 atom stereocenters. The number of methoxy groups -OCH3 is 2. The van der Waals surface area contributed by atoms with Gasteiger partial charge in [0.1, 0.15) is 13.6 Å². The van der Waals surface area contributed by atoms with Crippen LogP contribution < -0.4 is 11.2 Å². The molecule has 0 aliphatic heterocycles. The van der Waals surface area contributed by atoms with E-state index >= 15 is 0 Å². The maximum absolute atomic E-state index is 11.9. The molecule has 0 saturated heterocycles. The summed E-state index contributed by atoms with van der Waals surface area (Å²) in [6, 6.07) is 1.31. The predicted molar refractivity (Wildman–Crippen MR) is 77.7 cm³/mol. The van der Waals surface area contributed by atoms with Gasteiger partial charge in [-0.3, -0.25) is 14.3 Å². The van der Waals surface area contributed by atoms with Crippen LogP contribution in [0, 0.1) is 5.92 Å². The van der Waals surface area contributed by atoms with Crippen molar-refractivity contribution >= 4 is 0 Å². The summed E-state index contributed by atoms with van der Waals surface area (Å²) in [6.45, 7) is 0.895. The molecule has 0 amide bonds. The molecule has 1 fully saturated rings. The fourth-order valence-corrected chi connectivity index (χ4v) is 2.82. The van der Waals surface area contributed by atoms with Crippen LogP contribution in [0.2, 0.25) is 0 Å². The average Bonchev–Trinajstić information content (AvgIpc) is 2.88. The number of rotatable bonds is 8. The monoisotopic (exact) mass is 314 g/mol. The number of ether oxygens (including phenoxy) is 4. The van der Waals surface area contributed by atoms with E-state index in [4.69, 9.17) is 18.9 Å². The average molecular weight is 314 g/mol. The number of aromatic amines is 1. The van der Waals surface area contributed by atoms with E-state index in [0.717, 1.165) is 6.42 Å². The molecule has 1 aromatic rings. The molecule has 1 aliphatic carbocycles. The SMILES string of the molecule is COCOCC1CC(n2ccc(=O)[nH]c2=O)CC1OCOC. The minimum absolute atomic E-state index is 0.0395. The van der Waals surface area contributed by atoms with Crippen LogP contribution in [0.3, 0.4) is 0 Å². The van der Waals surface area contributed by atoms with E-state index in [1.165, 1.54) is 12.3 Å². The highest BCUT2D eigenvalue weighted by atomic mass is 16.7. The van der Waals surface area contributed by atoms with Gasteiger partial charge in [-0.2, -0.15) is 0 Å². The first-order chi connectivity index (χ1) is 10.7. The van der Waals surface area contributed by atoms with Gasteiger partial charge in [-0.15, -0.1) is 0 Å². The fraction of sp³-hybridized carbons (Fsp3) is 0.714. The number of hydrogen-bond acceptors (Lipinski definition) is 6. The van der Waals surface area contributed by atoms with Crippen LogP contribution in [-0.4, -0.2) is 50.1 Å². The van der Waals surface area contributed by atoms with E-state index in [-0.39, 0.29) is 31.6 Å². The first-order valence-corrected chi connectivity index (χ1v) is 7.14. The molecule has 124 valence electrons. The third-order valence-corrected chi connectivity index (χ3v) is 3.78. The zero-order valence-electron chi connectivity index (χ0n) is 12.8. The molecule has 1 saturated carbocycles. The molecule has 1 aromatic heterocycles. The standard InChI is InChI=1S/C14H22N2O6/c1-19-8-21-7-10-5-11(6-12(10)22-9-20-2)16-4-3-13(17)15-14(16)18/h3-4,10-12H,5-9H2,1-2H3,(H,15,17,18). The number of H-pyrrole nitrogens is 1. The molecule has 0 bridgehead atoms. The Morgan fingerprint density at radius 2 is 2.00 bits per heavy atom. The molecule has 1 heterocycles. The molecule has 0 spiro atoms. The second-order valence-electron chi connectivity index (χ2n) is 5.29. The van der Waals surface area contributed by atoms with Crippen molar-refractivity contribution in [2.45, 2.75) is 25.0 Å². The van der Waals surface area contributed by atoms with E-state index in [1.807, 2.05) is 0 Å². The van der Waals surface area contributed by atoms with Gasteiger partial charge in [0, 0.05) is 38.4 Å². The zero-order chi connectivity index (χ0) is 15.9. The molecule has 1 aliphatic rings. The Hall–Kier alpha value is -1.48. The van der Waals surface area contributed by atoms with Crippen LogP contribution >= 0.6 is 0 Å². The van der Waals surface area contributed by atoms with Crippen LogP contribution in [0.15, 0.2) is 21.9 Å². The molecule has 3 unspecified atom stereocenters. The highest BCUT2D eigenvalue weighted by Gasteiger charge is 2.36. The predicted octanol–water partition coefficient (Wildman–Crippen LogP) is 0.0973. The van der Waals surface area contributed by atoms with Gasteiger partial charge in [-0.25, -0.2) is 4.79 Å². The summed E-state index contributed by atoms with van der Waals surface area (Å²) < 4.78 is 22.5. The minimum atomic E-state index is -0.401. The largest absolute Gasteiger partial charge is 0.359 e. The maximum Gasteiger partial charge on any atom is 0.328 e. The molecular weight excluding hydrogens is 292 g/mol. The highest BCUT2D eigenvalue weighted by molar-refractivity contribution is 4.92. The van der Waals surface area contributed by atoms with Crippen LogP contribution in [0.5, 0.6) is 0 Å². The lowest BCUT2D eigenvalue weighted by molar-refractivity contribution is -0.106. The Morgan fingerprint density at radius 1 is 1.23 bits per heavy atom. The van der Waals surface area contributed by atoms with E-state index in [1.54, 1.807) is 18.8 Å². The summed E-state index contributed by atoms with van der Waals surface area (Å²) in [4.78, 5) is 25.3. The summed E-state index contributed by atoms with van der Waals surface area (Å²) in [5.74, 6) is 0.133. The van der Waals surface area contributed by atoms with Crippen molar-refractivity contribution in [2.75, 3.05) is 34.4 Å². The highest BCUT2D eigenvalue weighted by Crippen LogP contribution is 2.36. The minimum Gasteiger partial charge on any atom is -0.359 e. The van der Waals surface area contributed by atoms with Crippen molar-refractivity contribution in [3.8, 4) is 0 Å². The number of aromatic nitrogens is 2. The van der Waals surface area contributed by atoms with Crippen LogP contribution in [0.1, 0.15) is 18.9 Å². The molecule has 0 radical (unpaired) electrons. The Kier molecular flexibility index (Phi) is 6.32. The first kappa shape index (κ1) is 16.9. The van der Waals surface area contributed by atoms with Gasteiger partial charge in [0.05, 0.1) is 12.7 Å². The summed E-state index contributed by atoms with van der Waals surface area (Å²) in [5.41, 5.74) is -0.798. The van der Waals surface area contributed by atoms with Crippen LogP contribution in [0.25, 0.3) is 0 Å². The van der Waals surface area contributed by atoms with E-state index < -0.39 is 11.2 Å². The fourth-order valence-electron chi connectivity index (χ4n) is 2.82. The molecule has 2 rings (SSSR count). The normalized spacial score (nSPS) is 24.7. The zero-order valence-corrected chi connectivity index (χ0v) is 12.8. The Morgan fingerprint density at radius 3 is 2.68 bits per heavy atom. The first-order valence-electron chi connectivity index (χ1n) is 7.14. The van der Waals surface area contributed by atoms with Gasteiger partial charge in [-0.1, -0.05) is 0 Å². The Bertz CT molecular complexity index is 569. The van der Waals surface area contributed by atoms with E-state index in [0.29, 0.717) is 13.0 Å². The van der Waals surface area contributed by atoms with E-state index in [9.17, 15) is 9.59 Å². The second kappa shape index (κ2) is 8.23. The maximum atomic E-state index is 11.9. The molecule has 22 heavy (non-hydrogen) atoms. The summed E-state index contributed by atoms with van der Waals surface area (Å²) in [6.07, 6.45) is 2.85. The molecule has 8 nitrogen and oxygen atoms in total. The third-order valence-electron chi connectivity index (χ3n) is 3.78.